The highest BCUT2D eigenvalue weighted by Crippen LogP contribution is 2.35. The predicted molar refractivity (Wildman–Crippen MR) is 235 cm³/mol. The van der Waals surface area contributed by atoms with Crippen LogP contribution in [-0.2, 0) is 81.0 Å². The number of esters is 8. The lowest BCUT2D eigenvalue weighted by molar-refractivity contribution is -0.199. The van der Waals surface area contributed by atoms with Crippen molar-refractivity contribution < 1.29 is 134 Å². The first-order valence-corrected chi connectivity index (χ1v) is 23.0. The van der Waals surface area contributed by atoms with Gasteiger partial charge in [-0.3, -0.25) is 19.2 Å². The highest BCUT2D eigenvalue weighted by molar-refractivity contribution is 5.87. The molecule has 0 aromatic carbocycles. The van der Waals surface area contributed by atoms with Crippen LogP contribution in [-0.4, -0.2) is 141 Å². The molecule has 0 unspecified atom stereocenters. The Hall–Kier alpha value is -5.41. The summed E-state index contributed by atoms with van der Waals surface area (Å²) in [5.74, 6) is -41.7. The zero-order valence-corrected chi connectivity index (χ0v) is 44.0. The van der Waals surface area contributed by atoms with Gasteiger partial charge in [0.1, 0.15) is 39.6 Å². The Bertz CT molecular complexity index is 1900. The first kappa shape index (κ1) is 73.8. The average molecular weight is 1120 g/mol. The van der Waals surface area contributed by atoms with Crippen LogP contribution < -0.4 is 0 Å². The van der Waals surface area contributed by atoms with E-state index in [0.717, 1.165) is 6.92 Å². The minimum absolute atomic E-state index is 0.427. The van der Waals surface area contributed by atoms with E-state index in [-0.39, 0.29) is 0 Å². The van der Waals surface area contributed by atoms with E-state index >= 15 is 0 Å². The molecule has 0 N–H and O–H groups in total. The van der Waals surface area contributed by atoms with Crippen molar-refractivity contribution in [2.45, 2.75) is 177 Å². The lowest BCUT2D eigenvalue weighted by Gasteiger charge is -2.22. The standard InChI is InChI=1S/C16H24F4O6.C15H22F4O6.C15H22F4O5/c1-6-14(4,5)11(21)24-7-8-25-12(22)15(17,18)9-16(19,20)13(23)26-10(2)3;1-5-13(3,4)10(20)24-7-8-25-12(22)15(18,19)9-14(16,17)11(21)23-6-2;1-5-10(20)14(16,17)9-15(18,19)12(22)24-8-7-23-11(21)13(3,4)6-2/h10H,6-9H2,1-5H3;5-9H2,1-4H3;5-9H2,1-4H3. The number of Topliss-reactive ketones (excluding diaryl/α,β-unsaturated/α-hetero) is 1. The largest absolute Gasteiger partial charge is 0.462 e. The van der Waals surface area contributed by atoms with Crippen LogP contribution in [0.2, 0.25) is 0 Å². The first-order valence-electron chi connectivity index (χ1n) is 23.0. The van der Waals surface area contributed by atoms with E-state index in [1.807, 2.05) is 0 Å². The smallest absolute Gasteiger partial charge is 0.377 e. The Morgan fingerprint density at radius 3 is 0.760 bits per heavy atom. The quantitative estimate of drug-likeness (QED) is 0.0283. The molecule has 17 nitrogen and oxygen atoms in total. The fourth-order valence-electron chi connectivity index (χ4n) is 4.23. The number of rotatable bonds is 30. The van der Waals surface area contributed by atoms with E-state index in [0.29, 0.717) is 19.3 Å². The molecule has 0 aromatic rings. The minimum atomic E-state index is -4.62. The molecule has 0 heterocycles. The fraction of sp³-hybridized carbons (Fsp3) is 0.804. The van der Waals surface area contributed by atoms with Gasteiger partial charge < -0.3 is 37.9 Å². The van der Waals surface area contributed by atoms with Crippen molar-refractivity contribution >= 4 is 53.5 Å². The van der Waals surface area contributed by atoms with Gasteiger partial charge in [0, 0.05) is 6.42 Å². The summed E-state index contributed by atoms with van der Waals surface area (Å²) >= 11 is 0. The van der Waals surface area contributed by atoms with Crippen LogP contribution in [0.5, 0.6) is 0 Å². The Labute approximate surface area is 426 Å². The van der Waals surface area contributed by atoms with Gasteiger partial charge in [0.05, 0.1) is 48.2 Å². The summed E-state index contributed by atoms with van der Waals surface area (Å²) in [7, 11) is 0. The molecule has 0 spiro atoms. The second kappa shape index (κ2) is 31.0. The molecule has 0 bridgehead atoms. The van der Waals surface area contributed by atoms with Crippen molar-refractivity contribution in [3.05, 3.63) is 0 Å². The molecule has 0 saturated carbocycles. The van der Waals surface area contributed by atoms with E-state index in [1.165, 1.54) is 20.8 Å². The number of carbonyl (C=O) groups excluding carboxylic acids is 9. The van der Waals surface area contributed by atoms with Crippen molar-refractivity contribution in [1.29, 1.82) is 0 Å². The predicted octanol–water partition coefficient (Wildman–Crippen LogP) is 9.00. The lowest BCUT2D eigenvalue weighted by atomic mass is 9.91. The van der Waals surface area contributed by atoms with Gasteiger partial charge in [-0.05, 0) is 81.6 Å². The third-order valence-corrected chi connectivity index (χ3v) is 10.1. The molecule has 438 valence electrons. The third-order valence-electron chi connectivity index (χ3n) is 10.1. The molecule has 0 aliphatic carbocycles. The highest BCUT2D eigenvalue weighted by Gasteiger charge is 2.57. The summed E-state index contributed by atoms with van der Waals surface area (Å²) in [6.07, 6.45) is -7.18. The lowest BCUT2D eigenvalue weighted by Crippen LogP contribution is -2.43. The zero-order chi connectivity index (χ0) is 59.8. The molecule has 0 atom stereocenters. The second-order valence-corrected chi connectivity index (χ2v) is 18.2. The zero-order valence-electron chi connectivity index (χ0n) is 44.0. The second-order valence-electron chi connectivity index (χ2n) is 18.2. The van der Waals surface area contributed by atoms with Gasteiger partial charge in [-0.15, -0.1) is 0 Å². The maximum absolute atomic E-state index is 13.6. The van der Waals surface area contributed by atoms with Crippen LogP contribution in [0.4, 0.5) is 52.7 Å². The number of alkyl halides is 12. The molecular weight excluding hydrogens is 1050 g/mol. The van der Waals surface area contributed by atoms with Gasteiger partial charge in [-0.25, -0.2) is 24.0 Å². The Morgan fingerprint density at radius 2 is 0.547 bits per heavy atom. The number of halogens is 12. The monoisotopic (exact) mass is 1120 g/mol. The number of carbonyl (C=O) groups is 9. The Balaban J connectivity index is -0.00000104. The molecule has 75 heavy (non-hydrogen) atoms. The topological polar surface area (TPSA) is 227 Å². The van der Waals surface area contributed by atoms with E-state index in [4.69, 9.17) is 14.2 Å². The molecule has 0 saturated heterocycles. The number of ether oxygens (including phenoxy) is 8. The van der Waals surface area contributed by atoms with Crippen LogP contribution in [0, 0.1) is 16.2 Å². The number of ketones is 1. The van der Waals surface area contributed by atoms with E-state index in [9.17, 15) is 95.8 Å². The highest BCUT2D eigenvalue weighted by atomic mass is 19.3. The SMILES string of the molecule is CCC(=O)C(F)(F)CC(F)(F)C(=O)OCCOC(=O)C(C)(C)CC.CCC(C)(C)C(=O)OCCOC(=O)C(F)(F)CC(F)(F)C(=O)OC(C)C.CCOC(=O)C(F)(F)CC(F)(F)C(=O)OCCOC(=O)C(C)(C)CC. The molecule has 0 radical (unpaired) electrons. The van der Waals surface area contributed by atoms with Crippen LogP contribution in [0.1, 0.15) is 135 Å². The Kier molecular flexibility index (Phi) is 30.5. The van der Waals surface area contributed by atoms with Gasteiger partial charge in [-0.1, -0.05) is 27.7 Å². The molecule has 0 aliphatic heterocycles. The summed E-state index contributed by atoms with van der Waals surface area (Å²) in [5, 5.41) is 0. The molecule has 0 amide bonds. The van der Waals surface area contributed by atoms with Crippen LogP contribution in [0.25, 0.3) is 0 Å². The normalized spacial score (nSPS) is 12.6. The summed E-state index contributed by atoms with van der Waals surface area (Å²) in [4.78, 5) is 101. The maximum Gasteiger partial charge on any atom is 0.377 e. The summed E-state index contributed by atoms with van der Waals surface area (Å²) in [5.41, 5.74) is -2.38. The molecular formula is C46H68F12O17. The van der Waals surface area contributed by atoms with Crippen molar-refractivity contribution in [2.24, 2.45) is 16.2 Å². The van der Waals surface area contributed by atoms with Crippen molar-refractivity contribution in [3.63, 3.8) is 0 Å². The molecule has 0 fully saturated rings. The third kappa shape index (κ3) is 27.3. The van der Waals surface area contributed by atoms with Gasteiger partial charge in [0.2, 0.25) is 5.78 Å². The van der Waals surface area contributed by atoms with Gasteiger partial charge in [-0.2, -0.15) is 52.7 Å². The van der Waals surface area contributed by atoms with E-state index in [1.54, 1.807) is 62.3 Å². The minimum Gasteiger partial charge on any atom is -0.462 e. The van der Waals surface area contributed by atoms with E-state index < -0.39 is 183 Å². The fourth-order valence-corrected chi connectivity index (χ4v) is 4.23. The van der Waals surface area contributed by atoms with Gasteiger partial charge in [0.15, 0.2) is 0 Å². The molecule has 29 heteroatoms. The van der Waals surface area contributed by atoms with E-state index in [2.05, 4.69) is 23.7 Å². The van der Waals surface area contributed by atoms with Crippen LogP contribution in [0.15, 0.2) is 0 Å². The summed E-state index contributed by atoms with van der Waals surface area (Å²) in [6, 6.07) is 0. The van der Waals surface area contributed by atoms with Crippen LogP contribution >= 0.6 is 0 Å². The first-order chi connectivity index (χ1) is 33.7. The number of hydrogen-bond acceptors (Lipinski definition) is 17. The molecule has 0 rings (SSSR count). The molecule has 0 aliphatic rings. The maximum atomic E-state index is 13.6. The van der Waals surface area contributed by atoms with Gasteiger partial charge >= 0.3 is 83.3 Å². The summed E-state index contributed by atoms with van der Waals surface area (Å²) in [6.45, 7) is 15.7. The number of hydrogen-bond donors (Lipinski definition) is 0. The van der Waals surface area contributed by atoms with Crippen LogP contribution in [0.3, 0.4) is 0 Å². The van der Waals surface area contributed by atoms with Crippen molar-refractivity contribution in [1.82, 2.24) is 0 Å². The van der Waals surface area contributed by atoms with Gasteiger partial charge in [0.25, 0.3) is 0 Å². The average Bonchev–Trinajstić information content (AvgIpc) is 3.28. The van der Waals surface area contributed by atoms with Crippen molar-refractivity contribution in [3.8, 4) is 0 Å². The summed E-state index contributed by atoms with van der Waals surface area (Å²) < 4.78 is 196. The van der Waals surface area contributed by atoms with Crippen molar-refractivity contribution in [2.75, 3.05) is 46.2 Å². The molecule has 0 aromatic heterocycles. The Morgan fingerprint density at radius 1 is 0.333 bits per heavy atom.